The molecule has 2 amide bonds. The molecule has 0 spiro atoms. The first-order valence-electron chi connectivity index (χ1n) is 6.61. The van der Waals surface area contributed by atoms with Gasteiger partial charge in [0.15, 0.2) is 5.78 Å². The van der Waals surface area contributed by atoms with Crippen molar-refractivity contribution >= 4 is 29.3 Å². The van der Waals surface area contributed by atoms with E-state index in [2.05, 4.69) is 4.74 Å². The van der Waals surface area contributed by atoms with Gasteiger partial charge in [0.05, 0.1) is 16.9 Å². The number of imide groups is 1. The minimum atomic E-state index is -0.823. The van der Waals surface area contributed by atoms with E-state index < -0.39 is 28.4 Å². The number of nitro groups is 1. The smallest absolute Gasteiger partial charge is 0.308 e. The molecule has 1 aliphatic heterocycles. The number of rotatable bonds is 6. The second kappa shape index (κ2) is 6.34. The predicted octanol–water partition coefficient (Wildman–Crippen LogP) is 0.713. The molecular formula is C14H12N2O7. The van der Waals surface area contributed by atoms with Crippen LogP contribution in [-0.2, 0) is 14.3 Å². The molecule has 0 bridgehead atoms. The highest BCUT2D eigenvalue weighted by Crippen LogP contribution is 2.30. The highest BCUT2D eigenvalue weighted by atomic mass is 16.6. The molecule has 9 heteroatoms. The number of amides is 2. The molecule has 2 rings (SSSR count). The maximum absolute atomic E-state index is 12.2. The van der Waals surface area contributed by atoms with Crippen molar-refractivity contribution in [1.29, 1.82) is 0 Å². The maximum Gasteiger partial charge on any atom is 0.308 e. The summed E-state index contributed by atoms with van der Waals surface area (Å²) in [4.78, 5) is 57.4. The van der Waals surface area contributed by atoms with Gasteiger partial charge in [-0.2, -0.15) is 0 Å². The van der Waals surface area contributed by atoms with Crippen LogP contribution in [-0.4, -0.2) is 46.5 Å². The van der Waals surface area contributed by atoms with E-state index in [4.69, 9.17) is 0 Å². The molecule has 1 aromatic rings. The Morgan fingerprint density at radius 2 is 1.96 bits per heavy atom. The fraction of sp³-hybridized carbons (Fsp3) is 0.286. The second-order valence-electron chi connectivity index (χ2n) is 4.83. The van der Waals surface area contributed by atoms with Crippen LogP contribution in [0.4, 0.5) is 5.69 Å². The Bertz CT molecular complexity index is 726. The fourth-order valence-electron chi connectivity index (χ4n) is 2.13. The van der Waals surface area contributed by atoms with E-state index in [-0.39, 0.29) is 36.5 Å². The van der Waals surface area contributed by atoms with Crippen LogP contribution < -0.4 is 0 Å². The number of esters is 1. The van der Waals surface area contributed by atoms with Crippen molar-refractivity contribution < 1.29 is 28.8 Å². The Balaban J connectivity index is 2.12. The Morgan fingerprint density at radius 1 is 1.26 bits per heavy atom. The fourth-order valence-corrected chi connectivity index (χ4v) is 2.13. The number of nitrogens with zero attached hydrogens (tertiary/aromatic N) is 2. The van der Waals surface area contributed by atoms with E-state index in [0.717, 1.165) is 11.0 Å². The molecule has 0 atom stereocenters. The van der Waals surface area contributed by atoms with E-state index >= 15 is 0 Å². The zero-order chi connectivity index (χ0) is 17.1. The van der Waals surface area contributed by atoms with Crippen LogP contribution in [0.5, 0.6) is 0 Å². The van der Waals surface area contributed by atoms with Gasteiger partial charge in [0.2, 0.25) is 0 Å². The maximum atomic E-state index is 12.2. The number of hydrogen-bond acceptors (Lipinski definition) is 7. The average Bonchev–Trinajstić information content (AvgIpc) is 2.74. The molecule has 1 aliphatic rings. The quantitative estimate of drug-likeness (QED) is 0.327. The first kappa shape index (κ1) is 16.3. The van der Waals surface area contributed by atoms with E-state index in [1.54, 1.807) is 0 Å². The lowest BCUT2D eigenvalue weighted by Gasteiger charge is -2.12. The van der Waals surface area contributed by atoms with Gasteiger partial charge in [-0.3, -0.25) is 34.2 Å². The van der Waals surface area contributed by atoms with Crippen LogP contribution in [0.15, 0.2) is 18.2 Å². The molecule has 0 N–H and O–H groups in total. The SMILES string of the molecule is CC(=O)COC(=O)CCN1C(=O)c2cccc([N+](=O)[O-])c2C1=O. The number of ketones is 1. The molecule has 0 saturated carbocycles. The summed E-state index contributed by atoms with van der Waals surface area (Å²) in [5, 5.41) is 11.0. The van der Waals surface area contributed by atoms with Crippen molar-refractivity contribution in [1.82, 2.24) is 4.90 Å². The molecule has 0 aliphatic carbocycles. The lowest BCUT2D eigenvalue weighted by Crippen LogP contribution is -2.32. The summed E-state index contributed by atoms with van der Waals surface area (Å²) < 4.78 is 4.63. The zero-order valence-corrected chi connectivity index (χ0v) is 12.1. The lowest BCUT2D eigenvalue weighted by molar-refractivity contribution is -0.385. The van der Waals surface area contributed by atoms with Gasteiger partial charge in [0, 0.05) is 12.6 Å². The summed E-state index contributed by atoms with van der Waals surface area (Å²) in [6, 6.07) is 3.76. The summed E-state index contributed by atoms with van der Waals surface area (Å²) in [7, 11) is 0. The molecule has 1 heterocycles. The normalized spacial score (nSPS) is 13.0. The number of carbonyl (C=O) groups excluding carboxylic acids is 4. The number of ether oxygens (including phenoxy) is 1. The monoisotopic (exact) mass is 320 g/mol. The van der Waals surface area contributed by atoms with Crippen molar-refractivity contribution in [2.24, 2.45) is 0 Å². The molecular weight excluding hydrogens is 308 g/mol. The van der Waals surface area contributed by atoms with Crippen LogP contribution in [0, 0.1) is 10.1 Å². The van der Waals surface area contributed by atoms with Gasteiger partial charge in [-0.15, -0.1) is 0 Å². The van der Waals surface area contributed by atoms with E-state index in [0.29, 0.717) is 0 Å². The third-order valence-corrected chi connectivity index (χ3v) is 3.15. The van der Waals surface area contributed by atoms with Crippen molar-refractivity contribution in [3.63, 3.8) is 0 Å². The van der Waals surface area contributed by atoms with Gasteiger partial charge >= 0.3 is 5.97 Å². The van der Waals surface area contributed by atoms with Gasteiger partial charge < -0.3 is 4.74 Å². The topological polar surface area (TPSA) is 124 Å². The van der Waals surface area contributed by atoms with Gasteiger partial charge in [0.25, 0.3) is 17.5 Å². The second-order valence-corrected chi connectivity index (χ2v) is 4.83. The molecule has 9 nitrogen and oxygen atoms in total. The Morgan fingerprint density at radius 3 is 2.57 bits per heavy atom. The number of Topliss-reactive ketones (excluding diaryl/α,β-unsaturated/α-hetero) is 1. The molecule has 120 valence electrons. The van der Waals surface area contributed by atoms with Gasteiger partial charge in [-0.1, -0.05) is 6.07 Å². The highest BCUT2D eigenvalue weighted by molar-refractivity contribution is 6.23. The minimum absolute atomic E-state index is 0.0682. The minimum Gasteiger partial charge on any atom is -0.458 e. The third kappa shape index (κ3) is 3.23. The van der Waals surface area contributed by atoms with E-state index in [9.17, 15) is 29.3 Å². The Kier molecular flexibility index (Phi) is 4.49. The Labute approximate surface area is 130 Å². The molecule has 0 saturated heterocycles. The number of fused-ring (bicyclic) bond motifs is 1. The van der Waals surface area contributed by atoms with Crippen molar-refractivity contribution in [3.8, 4) is 0 Å². The summed E-state index contributed by atoms with van der Waals surface area (Å²) >= 11 is 0. The highest BCUT2D eigenvalue weighted by Gasteiger charge is 2.40. The van der Waals surface area contributed by atoms with Crippen molar-refractivity contribution in [2.45, 2.75) is 13.3 Å². The zero-order valence-electron chi connectivity index (χ0n) is 12.1. The summed E-state index contributed by atoms with van der Waals surface area (Å²) in [5.41, 5.74) is -0.802. The average molecular weight is 320 g/mol. The van der Waals surface area contributed by atoms with Crippen LogP contribution >= 0.6 is 0 Å². The Hall–Kier alpha value is -3.10. The predicted molar refractivity (Wildman–Crippen MR) is 74.7 cm³/mol. The molecule has 0 fully saturated rings. The lowest BCUT2D eigenvalue weighted by atomic mass is 10.1. The summed E-state index contributed by atoms with van der Waals surface area (Å²) in [6.45, 7) is 0.587. The summed E-state index contributed by atoms with van der Waals surface area (Å²) in [5.74, 6) is -2.61. The van der Waals surface area contributed by atoms with Gasteiger partial charge in [-0.25, -0.2) is 0 Å². The van der Waals surface area contributed by atoms with Crippen molar-refractivity contribution in [3.05, 3.63) is 39.4 Å². The number of benzene rings is 1. The van der Waals surface area contributed by atoms with E-state index in [1.165, 1.54) is 19.1 Å². The molecule has 1 aromatic carbocycles. The van der Waals surface area contributed by atoms with Crippen LogP contribution in [0.1, 0.15) is 34.1 Å². The van der Waals surface area contributed by atoms with Crippen LogP contribution in [0.2, 0.25) is 0 Å². The molecule has 0 unspecified atom stereocenters. The van der Waals surface area contributed by atoms with Crippen LogP contribution in [0.25, 0.3) is 0 Å². The first-order valence-corrected chi connectivity index (χ1v) is 6.61. The molecule has 0 radical (unpaired) electrons. The molecule has 23 heavy (non-hydrogen) atoms. The third-order valence-electron chi connectivity index (χ3n) is 3.15. The first-order chi connectivity index (χ1) is 10.8. The number of hydrogen-bond donors (Lipinski definition) is 0. The standard InChI is InChI=1S/C14H12N2O7/c1-8(17)7-23-11(18)5-6-15-13(19)9-3-2-4-10(16(21)22)12(9)14(15)20/h2-4H,5-7H2,1H3. The number of carbonyl (C=O) groups is 4. The van der Waals surface area contributed by atoms with Gasteiger partial charge in [0.1, 0.15) is 12.2 Å². The number of nitro benzene ring substituents is 1. The van der Waals surface area contributed by atoms with E-state index in [1.807, 2.05) is 0 Å². The van der Waals surface area contributed by atoms with Gasteiger partial charge in [-0.05, 0) is 13.0 Å². The van der Waals surface area contributed by atoms with Crippen molar-refractivity contribution in [2.75, 3.05) is 13.2 Å². The largest absolute Gasteiger partial charge is 0.458 e. The summed E-state index contributed by atoms with van der Waals surface area (Å²) in [6.07, 6.45) is -0.299. The molecule has 0 aromatic heterocycles. The van der Waals surface area contributed by atoms with Crippen LogP contribution in [0.3, 0.4) is 0 Å².